The van der Waals surface area contributed by atoms with E-state index in [1.54, 1.807) is 25.3 Å². The number of para-hydroxylation sites is 1. The topological polar surface area (TPSA) is 94.1 Å². The van der Waals surface area contributed by atoms with Crippen LogP contribution in [0.5, 0.6) is 17.2 Å². The zero-order valence-corrected chi connectivity index (χ0v) is 22.0. The number of carbonyl (C=O) groups is 2. The minimum atomic E-state index is -0.653. The van der Waals surface area contributed by atoms with Gasteiger partial charge in [-0.25, -0.2) is 4.79 Å². The highest BCUT2D eigenvalue weighted by atomic mass is 16.6. The largest absolute Gasteiger partial charge is 0.508 e. The maximum atomic E-state index is 13.7. The lowest BCUT2D eigenvalue weighted by atomic mass is 9.71. The van der Waals surface area contributed by atoms with E-state index in [2.05, 4.69) is 5.32 Å². The number of carbonyl (C=O) groups excluding carboxylic acids is 2. The molecule has 3 aromatic rings. The number of phenolic OH excluding ortho intramolecular Hbond substituents is 1. The number of methoxy groups -OCH3 is 1. The number of ether oxygens (including phenoxy) is 3. The van der Waals surface area contributed by atoms with E-state index in [1.807, 2.05) is 67.6 Å². The van der Waals surface area contributed by atoms with Crippen LogP contribution in [-0.2, 0) is 14.3 Å². The number of hydrogen-bond donors (Lipinski definition) is 2. The molecule has 0 bridgehead atoms. The van der Waals surface area contributed by atoms with E-state index < -0.39 is 11.9 Å². The summed E-state index contributed by atoms with van der Waals surface area (Å²) < 4.78 is 16.5. The first kappa shape index (κ1) is 26.1. The van der Waals surface area contributed by atoms with Crippen LogP contribution in [0.1, 0.15) is 42.7 Å². The molecule has 200 valence electrons. The Kier molecular flexibility index (Phi) is 7.68. The minimum absolute atomic E-state index is 0.00378. The molecule has 0 saturated heterocycles. The third-order valence-electron chi connectivity index (χ3n) is 7.17. The normalized spacial score (nSPS) is 18.8. The van der Waals surface area contributed by atoms with Crippen LogP contribution in [0.4, 0.5) is 0 Å². The molecule has 0 radical (unpaired) electrons. The number of phenols is 1. The van der Waals surface area contributed by atoms with Gasteiger partial charge in [0.05, 0.1) is 12.7 Å². The first-order valence-electron chi connectivity index (χ1n) is 13.0. The Balaban J connectivity index is 1.41. The number of dihydropyridines is 1. The van der Waals surface area contributed by atoms with Gasteiger partial charge < -0.3 is 24.6 Å². The third kappa shape index (κ3) is 5.67. The van der Waals surface area contributed by atoms with E-state index in [4.69, 9.17) is 14.2 Å². The van der Waals surface area contributed by atoms with E-state index in [1.165, 1.54) is 0 Å². The number of rotatable bonds is 8. The molecular formula is C32H31NO6. The summed E-state index contributed by atoms with van der Waals surface area (Å²) in [6.07, 6.45) is 0.932. The first-order valence-corrected chi connectivity index (χ1v) is 13.0. The van der Waals surface area contributed by atoms with Crippen LogP contribution in [0.3, 0.4) is 0 Å². The van der Waals surface area contributed by atoms with E-state index in [-0.39, 0.29) is 30.7 Å². The van der Waals surface area contributed by atoms with Gasteiger partial charge in [0.25, 0.3) is 0 Å². The lowest BCUT2D eigenvalue weighted by Crippen LogP contribution is -2.36. The molecule has 7 nitrogen and oxygen atoms in total. The van der Waals surface area contributed by atoms with E-state index in [0.29, 0.717) is 41.0 Å². The van der Waals surface area contributed by atoms with Gasteiger partial charge in [-0.1, -0.05) is 42.5 Å². The molecule has 1 heterocycles. The van der Waals surface area contributed by atoms with E-state index >= 15 is 0 Å². The summed E-state index contributed by atoms with van der Waals surface area (Å²) in [6, 6.07) is 23.8. The molecule has 0 fully saturated rings. The Bertz CT molecular complexity index is 1420. The Labute approximate surface area is 227 Å². The molecule has 0 aromatic heterocycles. The molecule has 1 aliphatic carbocycles. The number of esters is 1. The highest BCUT2D eigenvalue weighted by Gasteiger charge is 2.41. The molecule has 2 atom stereocenters. The van der Waals surface area contributed by atoms with E-state index in [9.17, 15) is 14.7 Å². The van der Waals surface area contributed by atoms with Crippen molar-refractivity contribution in [3.63, 3.8) is 0 Å². The predicted octanol–water partition coefficient (Wildman–Crippen LogP) is 5.38. The summed E-state index contributed by atoms with van der Waals surface area (Å²) in [6.45, 7) is 2.07. The van der Waals surface area contributed by atoms with Crippen molar-refractivity contribution in [3.8, 4) is 17.2 Å². The summed E-state index contributed by atoms with van der Waals surface area (Å²) >= 11 is 0. The maximum absolute atomic E-state index is 13.7. The number of allylic oxidation sites excluding steroid dienone is 3. The number of nitrogens with one attached hydrogen (secondary N) is 1. The van der Waals surface area contributed by atoms with Crippen molar-refractivity contribution >= 4 is 11.8 Å². The smallest absolute Gasteiger partial charge is 0.336 e. The summed E-state index contributed by atoms with van der Waals surface area (Å²) in [7, 11) is 1.62. The van der Waals surface area contributed by atoms with Crippen LogP contribution < -0.4 is 14.8 Å². The molecule has 5 rings (SSSR count). The number of aromatic hydroxyl groups is 1. The molecule has 39 heavy (non-hydrogen) atoms. The van der Waals surface area contributed by atoms with Gasteiger partial charge in [-0.3, -0.25) is 4.79 Å². The van der Waals surface area contributed by atoms with Crippen molar-refractivity contribution in [3.05, 3.63) is 113 Å². The summed E-state index contributed by atoms with van der Waals surface area (Å²) in [5.74, 6) is 0.293. The fourth-order valence-electron chi connectivity index (χ4n) is 5.35. The average Bonchev–Trinajstić information content (AvgIpc) is 2.95. The van der Waals surface area contributed by atoms with Crippen LogP contribution in [0.2, 0.25) is 0 Å². The number of Topliss-reactive ketones (excluding diaryl/α,β-unsaturated/α-hetero) is 1. The zero-order chi connectivity index (χ0) is 27.4. The van der Waals surface area contributed by atoms with Crippen LogP contribution in [0, 0.1) is 0 Å². The molecule has 0 unspecified atom stereocenters. The molecule has 0 saturated carbocycles. The fourth-order valence-corrected chi connectivity index (χ4v) is 5.35. The van der Waals surface area contributed by atoms with Gasteiger partial charge in [0.15, 0.2) is 5.78 Å². The quantitative estimate of drug-likeness (QED) is 0.301. The van der Waals surface area contributed by atoms with Crippen molar-refractivity contribution in [2.45, 2.75) is 31.6 Å². The molecule has 7 heteroatoms. The molecule has 1 aliphatic heterocycles. The van der Waals surface area contributed by atoms with Gasteiger partial charge >= 0.3 is 5.97 Å². The molecule has 0 spiro atoms. The van der Waals surface area contributed by atoms with Gasteiger partial charge in [0.1, 0.15) is 30.5 Å². The summed E-state index contributed by atoms with van der Waals surface area (Å²) in [5.41, 5.74) is 4.03. The Morgan fingerprint density at radius 2 is 1.69 bits per heavy atom. The molecule has 0 amide bonds. The Morgan fingerprint density at radius 3 is 2.41 bits per heavy atom. The van der Waals surface area contributed by atoms with Gasteiger partial charge in [0.2, 0.25) is 0 Å². The summed E-state index contributed by atoms with van der Waals surface area (Å²) in [4.78, 5) is 27.1. The maximum Gasteiger partial charge on any atom is 0.336 e. The van der Waals surface area contributed by atoms with Crippen LogP contribution in [0.15, 0.2) is 101 Å². The van der Waals surface area contributed by atoms with Gasteiger partial charge in [-0.05, 0) is 66.8 Å². The highest BCUT2D eigenvalue weighted by Crippen LogP contribution is 2.46. The zero-order valence-electron chi connectivity index (χ0n) is 22.0. The standard InChI is InChI=1S/C32H31NO6/c1-20-29(32(36)39-16-15-38-26-9-4-3-5-10-26)30(22-7-6-8-24(34)17-22)31-27(33-20)18-23(19-28(31)35)21-11-13-25(37-2)14-12-21/h3-14,17,23,30,33-34H,15-16,18-19H2,1-2H3/t23-,30-/m0/s1. The van der Waals surface area contributed by atoms with Gasteiger partial charge in [-0.2, -0.15) is 0 Å². The molecule has 3 aromatic carbocycles. The van der Waals surface area contributed by atoms with Crippen molar-refractivity contribution < 1.29 is 28.9 Å². The summed E-state index contributed by atoms with van der Waals surface area (Å²) in [5, 5.41) is 13.6. The van der Waals surface area contributed by atoms with Gasteiger partial charge in [0, 0.05) is 29.3 Å². The van der Waals surface area contributed by atoms with Crippen molar-refractivity contribution in [2.24, 2.45) is 0 Å². The second-order valence-electron chi connectivity index (χ2n) is 9.68. The molecule has 2 aliphatic rings. The molecular weight excluding hydrogens is 494 g/mol. The van der Waals surface area contributed by atoms with Crippen LogP contribution in [0.25, 0.3) is 0 Å². The number of hydrogen-bond acceptors (Lipinski definition) is 7. The lowest BCUT2D eigenvalue weighted by Gasteiger charge is -2.36. The average molecular weight is 526 g/mol. The van der Waals surface area contributed by atoms with E-state index in [0.717, 1.165) is 17.0 Å². The lowest BCUT2D eigenvalue weighted by molar-refractivity contribution is -0.140. The Morgan fingerprint density at radius 1 is 0.923 bits per heavy atom. The fraction of sp³-hybridized carbons (Fsp3) is 0.250. The predicted molar refractivity (Wildman–Crippen MR) is 147 cm³/mol. The second-order valence-corrected chi connectivity index (χ2v) is 9.68. The van der Waals surface area contributed by atoms with Crippen molar-refractivity contribution in [2.75, 3.05) is 20.3 Å². The second kappa shape index (κ2) is 11.5. The van der Waals surface area contributed by atoms with Crippen LogP contribution in [-0.4, -0.2) is 37.2 Å². The SMILES string of the molecule is COc1ccc([C@@H]2CC(=O)C3=C(C2)NC(C)=C(C(=O)OCCOc2ccccc2)[C@@H]3c2cccc(O)c2)cc1. The third-order valence-corrected chi connectivity index (χ3v) is 7.17. The number of ketones is 1. The van der Waals surface area contributed by atoms with Crippen LogP contribution >= 0.6 is 0 Å². The molecule has 2 N–H and O–H groups in total. The first-order chi connectivity index (χ1) is 18.9. The van der Waals surface area contributed by atoms with Gasteiger partial charge in [-0.15, -0.1) is 0 Å². The number of benzene rings is 3. The highest BCUT2D eigenvalue weighted by molar-refractivity contribution is 6.04. The Hall–Kier alpha value is -4.52. The monoisotopic (exact) mass is 525 g/mol. The van der Waals surface area contributed by atoms with Crippen molar-refractivity contribution in [1.29, 1.82) is 0 Å². The minimum Gasteiger partial charge on any atom is -0.508 e. The van der Waals surface area contributed by atoms with Crippen molar-refractivity contribution in [1.82, 2.24) is 5.32 Å².